The molecule has 1 atom stereocenters. The third kappa shape index (κ3) is 2.71. The van der Waals surface area contributed by atoms with Gasteiger partial charge in [0.15, 0.2) is 0 Å². The quantitative estimate of drug-likeness (QED) is 0.779. The molecular formula is C15H15ClN2O. The van der Waals surface area contributed by atoms with Gasteiger partial charge in [0.2, 0.25) is 11.2 Å². The zero-order valence-corrected chi connectivity index (χ0v) is 11.5. The van der Waals surface area contributed by atoms with E-state index in [1.54, 1.807) is 0 Å². The van der Waals surface area contributed by atoms with E-state index in [2.05, 4.69) is 34.2 Å². The number of hydrogen-bond donors (Lipinski definition) is 0. The molecule has 2 aromatic rings. The predicted molar refractivity (Wildman–Crippen MR) is 74.5 cm³/mol. The van der Waals surface area contributed by atoms with Crippen molar-refractivity contribution < 1.29 is 4.74 Å². The van der Waals surface area contributed by atoms with E-state index in [0.717, 1.165) is 25.0 Å². The molecule has 1 unspecified atom stereocenters. The number of ether oxygens (including phenoxy) is 1. The van der Waals surface area contributed by atoms with Crippen LogP contribution in [0, 0.1) is 6.92 Å². The van der Waals surface area contributed by atoms with E-state index in [1.807, 2.05) is 13.0 Å². The summed E-state index contributed by atoms with van der Waals surface area (Å²) in [6.07, 6.45) is 3.34. The van der Waals surface area contributed by atoms with Gasteiger partial charge >= 0.3 is 0 Å². The lowest BCUT2D eigenvalue weighted by atomic mass is 9.89. The minimum Gasteiger partial charge on any atom is -0.469 e. The van der Waals surface area contributed by atoms with Crippen LogP contribution in [0.25, 0.3) is 0 Å². The number of aromatic nitrogens is 2. The summed E-state index contributed by atoms with van der Waals surface area (Å²) in [6.45, 7) is 1.88. The molecule has 3 rings (SSSR count). The Morgan fingerprint density at radius 3 is 2.95 bits per heavy atom. The van der Waals surface area contributed by atoms with Crippen molar-refractivity contribution in [3.63, 3.8) is 0 Å². The Morgan fingerprint density at radius 2 is 2.11 bits per heavy atom. The van der Waals surface area contributed by atoms with Gasteiger partial charge in [0.25, 0.3) is 0 Å². The van der Waals surface area contributed by atoms with Crippen LogP contribution in [0.2, 0.25) is 5.28 Å². The average molecular weight is 275 g/mol. The van der Waals surface area contributed by atoms with Crippen molar-refractivity contribution in [2.45, 2.75) is 32.3 Å². The minimum atomic E-state index is 0.0651. The normalized spacial score (nSPS) is 17.9. The maximum absolute atomic E-state index is 6.01. The van der Waals surface area contributed by atoms with Gasteiger partial charge in [0.1, 0.15) is 6.10 Å². The zero-order chi connectivity index (χ0) is 13.2. The summed E-state index contributed by atoms with van der Waals surface area (Å²) in [5, 5.41) is 0.235. The van der Waals surface area contributed by atoms with E-state index >= 15 is 0 Å². The fourth-order valence-electron chi connectivity index (χ4n) is 2.54. The second-order valence-electron chi connectivity index (χ2n) is 4.81. The number of aryl methyl sites for hydroxylation is 2. The van der Waals surface area contributed by atoms with E-state index in [0.29, 0.717) is 5.88 Å². The molecule has 1 aliphatic rings. The minimum absolute atomic E-state index is 0.0651. The van der Waals surface area contributed by atoms with Crippen LogP contribution >= 0.6 is 11.6 Å². The van der Waals surface area contributed by atoms with Crippen LogP contribution in [0.3, 0.4) is 0 Å². The molecule has 0 bridgehead atoms. The number of rotatable bonds is 2. The second-order valence-corrected chi connectivity index (χ2v) is 5.15. The Balaban J connectivity index is 1.88. The van der Waals surface area contributed by atoms with Gasteiger partial charge in [-0.2, -0.15) is 4.98 Å². The molecule has 3 nitrogen and oxygen atoms in total. The van der Waals surface area contributed by atoms with Crippen LogP contribution in [-0.4, -0.2) is 9.97 Å². The summed E-state index contributed by atoms with van der Waals surface area (Å²) >= 11 is 5.87. The Labute approximate surface area is 117 Å². The Bertz CT molecular complexity index is 580. The van der Waals surface area contributed by atoms with Crippen LogP contribution in [0.15, 0.2) is 30.3 Å². The maximum Gasteiger partial charge on any atom is 0.225 e. The molecule has 1 aromatic heterocycles. The molecule has 0 saturated heterocycles. The van der Waals surface area contributed by atoms with Gasteiger partial charge in [-0.3, -0.25) is 0 Å². The van der Waals surface area contributed by atoms with Crippen molar-refractivity contribution in [2.75, 3.05) is 0 Å². The highest BCUT2D eigenvalue weighted by Crippen LogP contribution is 2.33. The first-order valence-corrected chi connectivity index (χ1v) is 6.86. The predicted octanol–water partition coefficient (Wildman–Crippen LogP) is 3.89. The molecule has 1 aliphatic carbocycles. The van der Waals surface area contributed by atoms with Gasteiger partial charge in [-0.15, -0.1) is 0 Å². The van der Waals surface area contributed by atoms with E-state index in [1.165, 1.54) is 11.1 Å². The van der Waals surface area contributed by atoms with E-state index in [9.17, 15) is 0 Å². The first kappa shape index (κ1) is 12.4. The molecule has 4 heteroatoms. The number of nitrogens with zero attached hydrogens (tertiary/aromatic N) is 2. The van der Waals surface area contributed by atoms with E-state index in [4.69, 9.17) is 16.3 Å². The molecular weight excluding hydrogens is 260 g/mol. The summed E-state index contributed by atoms with van der Waals surface area (Å²) in [7, 11) is 0. The van der Waals surface area contributed by atoms with E-state index in [-0.39, 0.29) is 11.4 Å². The van der Waals surface area contributed by atoms with Crippen molar-refractivity contribution in [1.82, 2.24) is 9.97 Å². The highest BCUT2D eigenvalue weighted by Gasteiger charge is 2.21. The van der Waals surface area contributed by atoms with Crippen molar-refractivity contribution in [2.24, 2.45) is 0 Å². The van der Waals surface area contributed by atoms with E-state index < -0.39 is 0 Å². The van der Waals surface area contributed by atoms with Crippen molar-refractivity contribution in [1.29, 1.82) is 0 Å². The van der Waals surface area contributed by atoms with Crippen molar-refractivity contribution >= 4 is 11.6 Å². The molecule has 0 N–H and O–H groups in total. The highest BCUT2D eigenvalue weighted by molar-refractivity contribution is 6.28. The fourth-order valence-corrected chi connectivity index (χ4v) is 2.76. The molecule has 0 fully saturated rings. The third-order valence-electron chi connectivity index (χ3n) is 3.38. The van der Waals surface area contributed by atoms with Crippen LogP contribution in [0.4, 0.5) is 0 Å². The largest absolute Gasteiger partial charge is 0.469 e. The summed E-state index contributed by atoms with van der Waals surface area (Å²) < 4.78 is 6.01. The molecule has 0 amide bonds. The smallest absolute Gasteiger partial charge is 0.225 e. The number of benzene rings is 1. The molecule has 1 heterocycles. The topological polar surface area (TPSA) is 35.0 Å². The SMILES string of the molecule is Cc1cc(OC2CCCc3ccccc32)nc(Cl)n1. The van der Waals surface area contributed by atoms with Gasteiger partial charge in [-0.1, -0.05) is 24.3 Å². The summed E-state index contributed by atoms with van der Waals surface area (Å²) in [5.74, 6) is 0.555. The maximum atomic E-state index is 6.01. The van der Waals surface area contributed by atoms with Gasteiger partial charge in [-0.25, -0.2) is 4.98 Å². The summed E-state index contributed by atoms with van der Waals surface area (Å²) in [6, 6.07) is 10.3. The molecule has 19 heavy (non-hydrogen) atoms. The Kier molecular flexibility index (Phi) is 3.38. The number of halogens is 1. The lowest BCUT2D eigenvalue weighted by Gasteiger charge is -2.25. The molecule has 0 spiro atoms. The van der Waals surface area contributed by atoms with Crippen LogP contribution in [0.5, 0.6) is 5.88 Å². The summed E-state index contributed by atoms with van der Waals surface area (Å²) in [5.41, 5.74) is 3.45. The highest BCUT2D eigenvalue weighted by atomic mass is 35.5. The third-order valence-corrected chi connectivity index (χ3v) is 3.55. The average Bonchev–Trinajstić information content (AvgIpc) is 2.38. The zero-order valence-electron chi connectivity index (χ0n) is 10.8. The molecule has 98 valence electrons. The lowest BCUT2D eigenvalue weighted by Crippen LogP contribution is -2.15. The monoisotopic (exact) mass is 274 g/mol. The lowest BCUT2D eigenvalue weighted by molar-refractivity contribution is 0.175. The van der Waals surface area contributed by atoms with Gasteiger partial charge in [-0.05, 0) is 48.9 Å². The Hall–Kier alpha value is -1.61. The fraction of sp³-hybridized carbons (Fsp3) is 0.333. The Morgan fingerprint density at radius 1 is 1.26 bits per heavy atom. The molecule has 0 aliphatic heterocycles. The summed E-state index contributed by atoms with van der Waals surface area (Å²) in [4.78, 5) is 8.18. The molecule has 0 radical (unpaired) electrons. The first-order chi connectivity index (χ1) is 9.22. The second kappa shape index (κ2) is 5.17. The molecule has 1 aromatic carbocycles. The van der Waals surface area contributed by atoms with Crippen molar-refractivity contribution in [3.05, 3.63) is 52.4 Å². The van der Waals surface area contributed by atoms with Gasteiger partial charge < -0.3 is 4.74 Å². The molecule has 0 saturated carbocycles. The van der Waals surface area contributed by atoms with Crippen LogP contribution in [-0.2, 0) is 6.42 Å². The first-order valence-electron chi connectivity index (χ1n) is 6.48. The standard InChI is InChI=1S/C15H15ClN2O/c1-10-9-14(18-15(16)17-10)19-13-8-4-6-11-5-2-3-7-12(11)13/h2-3,5,7,9,13H,4,6,8H2,1H3. The van der Waals surface area contributed by atoms with Gasteiger partial charge in [0.05, 0.1) is 0 Å². The number of fused-ring (bicyclic) bond motifs is 1. The van der Waals surface area contributed by atoms with Crippen LogP contribution < -0.4 is 4.74 Å². The number of hydrogen-bond acceptors (Lipinski definition) is 3. The van der Waals surface area contributed by atoms with Crippen molar-refractivity contribution in [3.8, 4) is 5.88 Å². The van der Waals surface area contributed by atoms with Gasteiger partial charge in [0, 0.05) is 11.8 Å². The van der Waals surface area contributed by atoms with Crippen LogP contribution in [0.1, 0.15) is 35.8 Å².